The number of carbonyl (C=O) groups excluding carboxylic acids is 1. The quantitative estimate of drug-likeness (QED) is 0.171. The molecular weight excluding hydrogens is 420 g/mol. The summed E-state index contributed by atoms with van der Waals surface area (Å²) in [5.41, 5.74) is 1.19. The molecule has 1 rings (SSSR count). The maximum absolute atomic E-state index is 13.2. The highest BCUT2D eigenvalue weighted by Gasteiger charge is 2.43. The number of rotatable bonds is 13. The molecule has 1 aromatic rings. The monoisotopic (exact) mass is 456 g/mol. The fourth-order valence-electron chi connectivity index (χ4n) is 3.27. The molecule has 27 heavy (non-hydrogen) atoms. The maximum atomic E-state index is 13.2. The highest BCUT2D eigenvalue weighted by molar-refractivity contribution is 9.10. The zero-order valence-corrected chi connectivity index (χ0v) is 20.2. The molecule has 0 radical (unpaired) electrons. The van der Waals surface area contributed by atoms with Gasteiger partial charge in [-0.15, -0.1) is 11.8 Å². The average Bonchev–Trinajstić information content (AvgIpc) is 2.64. The van der Waals surface area contributed by atoms with Crippen molar-refractivity contribution in [2.75, 3.05) is 6.61 Å². The van der Waals surface area contributed by atoms with Crippen LogP contribution in [0.3, 0.4) is 0 Å². The molecule has 0 aliphatic carbocycles. The standard InChI is InChI=1S/C23H37BrO2S/c1-6-9-12-19(13-10-7-2)23(5,22(25)26-16-11-8-3)27-20-14-15-21(24)18(4)17-20/h14-15,17,19H,6-13,16H2,1-5H3. The molecule has 0 fully saturated rings. The van der Waals surface area contributed by atoms with Crippen molar-refractivity contribution in [3.63, 3.8) is 0 Å². The molecule has 0 saturated carbocycles. The SMILES string of the molecule is CCCCOC(=O)C(C)(Sc1ccc(Br)c(C)c1)C(CCCC)CCCC. The summed E-state index contributed by atoms with van der Waals surface area (Å²) in [6.07, 6.45) is 8.77. The van der Waals surface area contributed by atoms with Crippen LogP contribution >= 0.6 is 27.7 Å². The molecule has 0 bridgehead atoms. The molecule has 0 spiro atoms. The van der Waals surface area contributed by atoms with Gasteiger partial charge < -0.3 is 4.74 Å². The third-order valence-electron chi connectivity index (χ3n) is 5.19. The van der Waals surface area contributed by atoms with E-state index in [9.17, 15) is 4.79 Å². The molecule has 0 amide bonds. The first kappa shape index (κ1) is 24.6. The van der Waals surface area contributed by atoms with Crippen molar-refractivity contribution in [3.8, 4) is 0 Å². The molecule has 1 unspecified atom stereocenters. The van der Waals surface area contributed by atoms with Gasteiger partial charge in [0.05, 0.1) is 6.61 Å². The van der Waals surface area contributed by atoms with E-state index in [0.29, 0.717) is 12.5 Å². The number of hydrogen-bond acceptors (Lipinski definition) is 3. The zero-order chi connectivity index (χ0) is 20.3. The Balaban J connectivity index is 3.13. The van der Waals surface area contributed by atoms with Gasteiger partial charge in [0.1, 0.15) is 4.75 Å². The van der Waals surface area contributed by atoms with Crippen LogP contribution in [0.15, 0.2) is 27.6 Å². The van der Waals surface area contributed by atoms with Crippen molar-refractivity contribution >= 4 is 33.7 Å². The van der Waals surface area contributed by atoms with Crippen molar-refractivity contribution in [1.82, 2.24) is 0 Å². The fourth-order valence-corrected chi connectivity index (χ4v) is 4.92. The molecule has 2 nitrogen and oxygen atoms in total. The molecule has 0 aliphatic rings. The third-order valence-corrected chi connectivity index (χ3v) is 7.49. The Kier molecular flexibility index (Phi) is 11.7. The van der Waals surface area contributed by atoms with Crippen LogP contribution in [0.25, 0.3) is 0 Å². The second-order valence-corrected chi connectivity index (χ2v) is 9.97. The van der Waals surface area contributed by atoms with Gasteiger partial charge in [-0.05, 0) is 62.8 Å². The minimum Gasteiger partial charge on any atom is -0.465 e. The minimum absolute atomic E-state index is 0.0428. The highest BCUT2D eigenvalue weighted by atomic mass is 79.9. The third kappa shape index (κ3) is 7.81. The number of ether oxygens (including phenoxy) is 1. The predicted molar refractivity (Wildman–Crippen MR) is 122 cm³/mol. The predicted octanol–water partition coefficient (Wildman–Crippen LogP) is 7.95. The van der Waals surface area contributed by atoms with Crippen molar-refractivity contribution in [2.45, 2.75) is 95.6 Å². The number of halogens is 1. The molecule has 4 heteroatoms. The molecule has 0 aliphatic heterocycles. The Bertz CT molecular complexity index is 567. The van der Waals surface area contributed by atoms with Gasteiger partial charge in [0.25, 0.3) is 0 Å². The zero-order valence-electron chi connectivity index (χ0n) is 17.8. The van der Waals surface area contributed by atoms with Gasteiger partial charge in [-0.2, -0.15) is 0 Å². The first-order valence-corrected chi connectivity index (χ1v) is 12.1. The van der Waals surface area contributed by atoms with E-state index in [2.05, 4.69) is 68.7 Å². The first-order chi connectivity index (χ1) is 12.9. The molecule has 1 atom stereocenters. The van der Waals surface area contributed by atoms with E-state index in [1.54, 1.807) is 11.8 Å². The van der Waals surface area contributed by atoms with Gasteiger partial charge in [0.2, 0.25) is 0 Å². The largest absolute Gasteiger partial charge is 0.465 e. The summed E-state index contributed by atoms with van der Waals surface area (Å²) in [6.45, 7) is 11.3. The van der Waals surface area contributed by atoms with E-state index in [0.717, 1.165) is 60.7 Å². The topological polar surface area (TPSA) is 26.3 Å². The van der Waals surface area contributed by atoms with Crippen LogP contribution in [-0.4, -0.2) is 17.3 Å². The van der Waals surface area contributed by atoms with Gasteiger partial charge >= 0.3 is 5.97 Å². The number of benzene rings is 1. The van der Waals surface area contributed by atoms with Crippen LogP contribution in [0.2, 0.25) is 0 Å². The molecule has 0 heterocycles. The molecule has 0 saturated heterocycles. The van der Waals surface area contributed by atoms with Gasteiger partial charge in [-0.3, -0.25) is 4.79 Å². The van der Waals surface area contributed by atoms with Gasteiger partial charge in [0.15, 0.2) is 0 Å². The first-order valence-electron chi connectivity index (χ1n) is 10.5. The van der Waals surface area contributed by atoms with Crippen LogP contribution in [0.1, 0.15) is 84.6 Å². The number of aryl methyl sites for hydroxylation is 1. The fraction of sp³-hybridized carbons (Fsp3) is 0.696. The molecule has 1 aromatic carbocycles. The van der Waals surface area contributed by atoms with Crippen LogP contribution < -0.4 is 0 Å². The summed E-state index contributed by atoms with van der Waals surface area (Å²) in [4.78, 5) is 14.4. The lowest BCUT2D eigenvalue weighted by Gasteiger charge is -2.35. The average molecular weight is 458 g/mol. The van der Waals surface area contributed by atoms with Gasteiger partial charge in [-0.25, -0.2) is 0 Å². The number of unbranched alkanes of at least 4 members (excludes halogenated alkanes) is 3. The number of esters is 1. The Morgan fingerprint density at radius 3 is 2.22 bits per heavy atom. The summed E-state index contributed by atoms with van der Waals surface area (Å²) >= 11 is 5.27. The van der Waals surface area contributed by atoms with Crippen molar-refractivity contribution in [1.29, 1.82) is 0 Å². The highest BCUT2D eigenvalue weighted by Crippen LogP contribution is 2.44. The maximum Gasteiger partial charge on any atom is 0.322 e. The van der Waals surface area contributed by atoms with E-state index in [1.807, 2.05) is 0 Å². The van der Waals surface area contributed by atoms with Crippen molar-refractivity contribution in [2.24, 2.45) is 5.92 Å². The minimum atomic E-state index is -0.543. The summed E-state index contributed by atoms with van der Waals surface area (Å²) in [7, 11) is 0. The van der Waals surface area contributed by atoms with Gasteiger partial charge in [-0.1, -0.05) is 68.8 Å². The molecule has 154 valence electrons. The Morgan fingerprint density at radius 2 is 1.70 bits per heavy atom. The summed E-state index contributed by atoms with van der Waals surface area (Å²) < 4.78 is 6.31. The van der Waals surface area contributed by atoms with E-state index in [-0.39, 0.29) is 5.97 Å². The van der Waals surface area contributed by atoms with E-state index in [4.69, 9.17) is 4.74 Å². The van der Waals surface area contributed by atoms with Crippen molar-refractivity contribution < 1.29 is 9.53 Å². The van der Waals surface area contributed by atoms with Crippen LogP contribution in [-0.2, 0) is 9.53 Å². The van der Waals surface area contributed by atoms with Crippen LogP contribution in [0.4, 0.5) is 0 Å². The second-order valence-electron chi connectivity index (χ2n) is 7.59. The molecular formula is C23H37BrO2S. The number of hydrogen-bond donors (Lipinski definition) is 0. The Morgan fingerprint density at radius 1 is 1.11 bits per heavy atom. The lowest BCUT2D eigenvalue weighted by molar-refractivity contribution is -0.148. The van der Waals surface area contributed by atoms with E-state index in [1.165, 1.54) is 5.56 Å². The summed E-state index contributed by atoms with van der Waals surface area (Å²) in [5, 5.41) is 0. The lowest BCUT2D eigenvalue weighted by Crippen LogP contribution is -2.41. The van der Waals surface area contributed by atoms with Gasteiger partial charge in [0, 0.05) is 9.37 Å². The Hall–Kier alpha value is -0.480. The van der Waals surface area contributed by atoms with E-state index >= 15 is 0 Å². The normalized spacial score (nSPS) is 13.6. The molecule has 0 N–H and O–H groups in total. The lowest BCUT2D eigenvalue weighted by atomic mass is 9.84. The summed E-state index contributed by atoms with van der Waals surface area (Å²) in [6, 6.07) is 6.35. The van der Waals surface area contributed by atoms with E-state index < -0.39 is 4.75 Å². The second kappa shape index (κ2) is 12.9. The van der Waals surface area contributed by atoms with Crippen LogP contribution in [0.5, 0.6) is 0 Å². The smallest absolute Gasteiger partial charge is 0.322 e. The summed E-state index contributed by atoms with van der Waals surface area (Å²) in [5.74, 6) is 0.291. The van der Waals surface area contributed by atoms with Crippen molar-refractivity contribution in [3.05, 3.63) is 28.2 Å². The number of thioether (sulfide) groups is 1. The van der Waals surface area contributed by atoms with Crippen LogP contribution in [0, 0.1) is 12.8 Å². The Labute approximate surface area is 179 Å². The number of carbonyl (C=O) groups is 1. The molecule has 0 aromatic heterocycles.